The van der Waals surface area contributed by atoms with Gasteiger partial charge in [0.25, 0.3) is 0 Å². The molecule has 0 bridgehead atoms. The first-order valence-electron chi connectivity index (χ1n) is 1.83. The van der Waals surface area contributed by atoms with Crippen LogP contribution in [0.5, 0.6) is 0 Å². The number of alkyl halides is 1. The average Bonchev–Trinajstić information content (AvgIpc) is 1.38. The molecule has 0 aliphatic carbocycles. The van der Waals surface area contributed by atoms with Crippen LogP contribution in [0.3, 0.4) is 0 Å². The first-order valence-corrected chi connectivity index (χ1v) is 2.36. The molecule has 0 heterocycles. The van der Waals surface area contributed by atoms with Gasteiger partial charge in [0, 0.05) is 5.88 Å². The van der Waals surface area contributed by atoms with Crippen LogP contribution in [0.1, 0.15) is 13.8 Å². The second-order valence-electron chi connectivity index (χ2n) is 1.55. The van der Waals surface area contributed by atoms with Gasteiger partial charge in [-0.15, -0.1) is 11.6 Å². The molecule has 0 rings (SSSR count). The summed E-state index contributed by atoms with van der Waals surface area (Å²) in [4.78, 5) is 0. The second kappa shape index (κ2) is 6.93. The molecule has 2 heteroatoms. The summed E-state index contributed by atoms with van der Waals surface area (Å²) in [6.07, 6.45) is 0. The maximum absolute atomic E-state index is 5.34. The van der Waals surface area contributed by atoms with Gasteiger partial charge in [0.15, 0.2) is 0 Å². The second-order valence-corrected chi connectivity index (χ2v) is 1.86. The molecule has 0 atom stereocenters. The van der Waals surface area contributed by atoms with Crippen molar-refractivity contribution in [2.45, 2.75) is 13.8 Å². The van der Waals surface area contributed by atoms with Gasteiger partial charge < -0.3 is 0 Å². The Morgan fingerprint density at radius 3 is 1.67 bits per heavy atom. The zero-order valence-electron chi connectivity index (χ0n) is 3.66. The van der Waals surface area contributed by atoms with Crippen molar-refractivity contribution >= 4 is 63.0 Å². The van der Waals surface area contributed by atoms with Gasteiger partial charge in [-0.25, -0.2) is 0 Å². The molecule has 0 nitrogen and oxygen atoms in total. The molecule has 0 aliphatic rings. The van der Waals surface area contributed by atoms with E-state index in [1.807, 2.05) is 0 Å². The fourth-order valence-electron chi connectivity index (χ4n) is 0. The van der Waals surface area contributed by atoms with E-state index in [0.717, 1.165) is 5.88 Å². The molecule has 0 aromatic heterocycles. The molecule has 0 radical (unpaired) electrons. The molecule has 0 aromatic carbocycles. The van der Waals surface area contributed by atoms with Crippen molar-refractivity contribution in [3.05, 3.63) is 0 Å². The maximum atomic E-state index is 5.34. The Balaban J connectivity index is 0. The van der Waals surface area contributed by atoms with Crippen LogP contribution in [0, 0.1) is 5.92 Å². The number of rotatable bonds is 1. The van der Waals surface area contributed by atoms with Gasteiger partial charge in [0.05, 0.1) is 0 Å². The van der Waals surface area contributed by atoms with Crippen molar-refractivity contribution in [2.24, 2.45) is 5.92 Å². The molecule has 6 heavy (non-hydrogen) atoms. The van der Waals surface area contributed by atoms with Gasteiger partial charge in [-0.1, -0.05) is 13.8 Å². The number of hydrogen-bond donors (Lipinski definition) is 0. The third kappa shape index (κ3) is 9.33. The predicted molar refractivity (Wildman–Crippen MR) is 32.7 cm³/mol. The molecule has 0 saturated heterocycles. The number of halogens is 1. The van der Waals surface area contributed by atoms with Gasteiger partial charge in [0.1, 0.15) is 0 Å². The Morgan fingerprint density at radius 1 is 1.50 bits per heavy atom. The Hall–Kier alpha value is 1.93. The Labute approximate surface area is 87.1 Å². The quantitative estimate of drug-likeness (QED) is 0.372. The molecule has 0 fully saturated rings. The van der Waals surface area contributed by atoms with E-state index in [-0.39, 0.29) is 51.4 Å². The van der Waals surface area contributed by atoms with Crippen molar-refractivity contribution < 1.29 is 0 Å². The van der Waals surface area contributed by atoms with Gasteiger partial charge >= 0.3 is 51.4 Å². The zero-order chi connectivity index (χ0) is 4.28. The predicted octanol–water partition coefficient (Wildman–Crippen LogP) is 1.23. The molecule has 0 N–H and O–H groups in total. The third-order valence-electron chi connectivity index (χ3n) is 0.309. The van der Waals surface area contributed by atoms with E-state index in [4.69, 9.17) is 11.6 Å². The molecule has 0 unspecified atom stereocenters. The van der Waals surface area contributed by atoms with Crippen molar-refractivity contribution in [2.75, 3.05) is 5.88 Å². The molecule has 0 aliphatic heterocycles. The summed E-state index contributed by atoms with van der Waals surface area (Å²) in [7, 11) is 0. The first-order chi connectivity index (χ1) is 2.27. The van der Waals surface area contributed by atoms with Crippen LogP contribution >= 0.6 is 11.6 Å². The summed E-state index contributed by atoms with van der Waals surface area (Å²) in [5.74, 6) is 1.43. The molecular formula is C4H10ClK. The van der Waals surface area contributed by atoms with Crippen LogP contribution in [0.25, 0.3) is 0 Å². The van der Waals surface area contributed by atoms with Gasteiger partial charge in [-0.2, -0.15) is 0 Å². The van der Waals surface area contributed by atoms with Crippen LogP contribution in [0.4, 0.5) is 0 Å². The van der Waals surface area contributed by atoms with Crippen molar-refractivity contribution in [3.63, 3.8) is 0 Å². The number of hydrogen-bond acceptors (Lipinski definition) is 0. The monoisotopic (exact) mass is 132 g/mol. The summed E-state index contributed by atoms with van der Waals surface area (Å²) < 4.78 is 0. The molecule has 0 spiro atoms. The summed E-state index contributed by atoms with van der Waals surface area (Å²) >= 11 is 5.34. The van der Waals surface area contributed by atoms with Gasteiger partial charge in [-0.3, -0.25) is 0 Å². The van der Waals surface area contributed by atoms with E-state index in [1.165, 1.54) is 0 Å². The summed E-state index contributed by atoms with van der Waals surface area (Å²) in [6.45, 7) is 4.18. The van der Waals surface area contributed by atoms with Gasteiger partial charge in [0.2, 0.25) is 0 Å². The van der Waals surface area contributed by atoms with Gasteiger partial charge in [-0.05, 0) is 5.92 Å². The fraction of sp³-hybridized carbons (Fsp3) is 1.00. The van der Waals surface area contributed by atoms with E-state index in [0.29, 0.717) is 5.92 Å². The van der Waals surface area contributed by atoms with Crippen molar-refractivity contribution in [1.82, 2.24) is 0 Å². The van der Waals surface area contributed by atoms with E-state index >= 15 is 0 Å². The summed E-state index contributed by atoms with van der Waals surface area (Å²) in [5, 5.41) is 0. The normalized spacial score (nSPS) is 8.00. The Morgan fingerprint density at radius 2 is 1.67 bits per heavy atom. The summed E-state index contributed by atoms with van der Waals surface area (Å²) in [6, 6.07) is 0. The average molecular weight is 133 g/mol. The topological polar surface area (TPSA) is 0 Å². The Kier molecular flexibility index (Phi) is 12.5. The van der Waals surface area contributed by atoms with Crippen LogP contribution in [0.15, 0.2) is 0 Å². The van der Waals surface area contributed by atoms with Crippen molar-refractivity contribution in [1.29, 1.82) is 0 Å². The minimum absolute atomic E-state index is 0. The van der Waals surface area contributed by atoms with E-state index < -0.39 is 0 Å². The van der Waals surface area contributed by atoms with Crippen molar-refractivity contribution in [3.8, 4) is 0 Å². The minimum atomic E-state index is 0. The summed E-state index contributed by atoms with van der Waals surface area (Å²) in [5.41, 5.74) is 0. The van der Waals surface area contributed by atoms with E-state index in [9.17, 15) is 0 Å². The Bertz CT molecular complexity index is 21.5. The molecule has 34 valence electrons. The van der Waals surface area contributed by atoms with E-state index in [2.05, 4.69) is 13.8 Å². The fourth-order valence-corrected chi connectivity index (χ4v) is 0. The van der Waals surface area contributed by atoms with E-state index in [1.54, 1.807) is 0 Å². The molecule has 0 saturated carbocycles. The SMILES string of the molecule is CC(C)CCl.[KH]. The zero-order valence-corrected chi connectivity index (χ0v) is 4.42. The third-order valence-corrected chi connectivity index (χ3v) is 0.926. The van der Waals surface area contributed by atoms with Crippen LogP contribution < -0.4 is 0 Å². The molecule has 0 amide bonds. The van der Waals surface area contributed by atoms with Crippen LogP contribution in [-0.4, -0.2) is 57.3 Å². The first kappa shape index (κ1) is 10.8. The molecular weight excluding hydrogens is 123 g/mol. The standard InChI is InChI=1S/C4H9Cl.K.H/c1-4(2)3-5;;/h4H,3H2,1-2H3;;. The van der Waals surface area contributed by atoms with Crippen LogP contribution in [0.2, 0.25) is 0 Å². The molecule has 0 aromatic rings. The van der Waals surface area contributed by atoms with Crippen LogP contribution in [-0.2, 0) is 0 Å².